The average molecular weight is 308 g/mol. The lowest BCUT2D eigenvalue weighted by molar-refractivity contribution is -0.384. The summed E-state index contributed by atoms with van der Waals surface area (Å²) in [4.78, 5) is 33.5. The van der Waals surface area contributed by atoms with E-state index in [0.29, 0.717) is 5.02 Å². The van der Waals surface area contributed by atoms with Crippen molar-refractivity contribution in [1.29, 1.82) is 0 Å². The normalized spacial score (nSPS) is 10.1. The van der Waals surface area contributed by atoms with Crippen LogP contribution >= 0.6 is 11.6 Å². The van der Waals surface area contributed by atoms with Crippen LogP contribution < -0.4 is 10.9 Å². The summed E-state index contributed by atoms with van der Waals surface area (Å²) in [6.45, 7) is -0.234. The molecular formula is C13H10ClN3O4. The molecule has 0 spiro atoms. The summed E-state index contributed by atoms with van der Waals surface area (Å²) in [7, 11) is 0. The zero-order chi connectivity index (χ0) is 15.4. The lowest BCUT2D eigenvalue weighted by atomic mass is 10.3. The first-order valence-electron chi connectivity index (χ1n) is 5.86. The molecule has 0 aliphatic rings. The summed E-state index contributed by atoms with van der Waals surface area (Å²) in [5.74, 6) is -0.486. The maximum atomic E-state index is 11.8. The zero-order valence-corrected chi connectivity index (χ0v) is 11.4. The van der Waals surface area contributed by atoms with Gasteiger partial charge in [-0.05, 0) is 12.1 Å². The number of benzene rings is 1. The van der Waals surface area contributed by atoms with E-state index in [1.165, 1.54) is 42.6 Å². The third-order valence-corrected chi connectivity index (χ3v) is 2.83. The fourth-order valence-corrected chi connectivity index (χ4v) is 1.86. The highest BCUT2D eigenvalue weighted by Gasteiger charge is 2.09. The lowest BCUT2D eigenvalue weighted by Crippen LogP contribution is -2.26. The molecule has 1 N–H and O–H groups in total. The Bertz CT molecular complexity index is 757. The molecule has 0 radical (unpaired) electrons. The van der Waals surface area contributed by atoms with E-state index < -0.39 is 10.8 Å². The average Bonchev–Trinajstić information content (AvgIpc) is 2.43. The number of nitrogens with zero attached hydrogens (tertiary/aromatic N) is 2. The molecule has 0 bridgehead atoms. The van der Waals surface area contributed by atoms with Crippen LogP contribution in [0.4, 0.5) is 11.4 Å². The largest absolute Gasteiger partial charge is 0.324 e. The molecular weight excluding hydrogens is 298 g/mol. The van der Waals surface area contributed by atoms with Crippen molar-refractivity contribution in [2.45, 2.75) is 6.54 Å². The molecule has 0 saturated heterocycles. The number of nitrogens with one attached hydrogen (secondary N) is 1. The van der Waals surface area contributed by atoms with Crippen LogP contribution in [0.5, 0.6) is 0 Å². The van der Waals surface area contributed by atoms with Crippen molar-refractivity contribution in [3.8, 4) is 0 Å². The second-order valence-electron chi connectivity index (χ2n) is 4.17. The van der Waals surface area contributed by atoms with E-state index in [0.717, 1.165) is 4.57 Å². The Kier molecular flexibility index (Phi) is 4.34. The van der Waals surface area contributed by atoms with Crippen molar-refractivity contribution in [2.24, 2.45) is 0 Å². The van der Waals surface area contributed by atoms with Crippen molar-refractivity contribution in [3.63, 3.8) is 0 Å². The molecule has 7 nitrogen and oxygen atoms in total. The summed E-state index contributed by atoms with van der Waals surface area (Å²) < 4.78 is 1.15. The predicted molar refractivity (Wildman–Crippen MR) is 77.4 cm³/mol. The van der Waals surface area contributed by atoms with Gasteiger partial charge in [-0.2, -0.15) is 0 Å². The van der Waals surface area contributed by atoms with Crippen molar-refractivity contribution >= 4 is 28.9 Å². The topological polar surface area (TPSA) is 94.2 Å². The van der Waals surface area contributed by atoms with Gasteiger partial charge in [0.2, 0.25) is 5.91 Å². The Morgan fingerprint density at radius 2 is 2.10 bits per heavy atom. The number of nitro groups is 1. The van der Waals surface area contributed by atoms with Gasteiger partial charge in [0.1, 0.15) is 6.54 Å². The number of aromatic nitrogens is 1. The molecule has 0 atom stereocenters. The summed E-state index contributed by atoms with van der Waals surface area (Å²) in [6.07, 6.45) is 1.34. The molecule has 21 heavy (non-hydrogen) atoms. The fourth-order valence-electron chi connectivity index (χ4n) is 1.68. The van der Waals surface area contributed by atoms with Gasteiger partial charge in [0.25, 0.3) is 11.2 Å². The molecule has 1 aromatic carbocycles. The Labute approximate surface area is 123 Å². The van der Waals surface area contributed by atoms with E-state index in [2.05, 4.69) is 5.32 Å². The molecule has 0 fully saturated rings. The molecule has 108 valence electrons. The number of hydrogen-bond donors (Lipinski definition) is 1. The highest BCUT2D eigenvalue weighted by atomic mass is 35.5. The quantitative estimate of drug-likeness (QED) is 0.691. The SMILES string of the molecule is O=C(Cn1cc(Cl)ccc1=O)Nc1cccc([N+](=O)[O-])c1. The molecule has 1 heterocycles. The van der Waals surface area contributed by atoms with Gasteiger partial charge in [-0.3, -0.25) is 19.7 Å². The number of rotatable bonds is 4. The number of non-ortho nitro benzene ring substituents is 1. The van der Waals surface area contributed by atoms with Crippen LogP contribution in [0.25, 0.3) is 0 Å². The summed E-state index contributed by atoms with van der Waals surface area (Å²) >= 11 is 5.75. The first-order chi connectivity index (χ1) is 9.95. The van der Waals surface area contributed by atoms with E-state index in [1.54, 1.807) is 0 Å². The van der Waals surface area contributed by atoms with Crippen molar-refractivity contribution < 1.29 is 9.72 Å². The fraction of sp³-hybridized carbons (Fsp3) is 0.0769. The third kappa shape index (κ3) is 3.90. The third-order valence-electron chi connectivity index (χ3n) is 2.60. The van der Waals surface area contributed by atoms with Crippen LogP contribution in [0.15, 0.2) is 47.4 Å². The minimum Gasteiger partial charge on any atom is -0.324 e. The number of halogens is 1. The highest BCUT2D eigenvalue weighted by molar-refractivity contribution is 6.30. The standard InChI is InChI=1S/C13H10ClN3O4/c14-9-4-5-13(19)16(7-9)8-12(18)15-10-2-1-3-11(6-10)17(20)21/h1-7H,8H2,(H,15,18). The van der Waals surface area contributed by atoms with E-state index in [-0.39, 0.29) is 23.5 Å². The van der Waals surface area contributed by atoms with Gasteiger partial charge < -0.3 is 9.88 Å². The molecule has 0 aliphatic carbocycles. The summed E-state index contributed by atoms with van der Waals surface area (Å²) in [5, 5.41) is 13.5. The van der Waals surface area contributed by atoms with Gasteiger partial charge >= 0.3 is 0 Å². The van der Waals surface area contributed by atoms with Crippen LogP contribution in [-0.4, -0.2) is 15.4 Å². The van der Waals surface area contributed by atoms with Crippen molar-refractivity contribution in [3.05, 3.63) is 68.1 Å². The van der Waals surface area contributed by atoms with E-state index in [1.807, 2.05) is 0 Å². The minimum atomic E-state index is -0.558. The second-order valence-corrected chi connectivity index (χ2v) is 4.61. The summed E-state index contributed by atoms with van der Waals surface area (Å²) in [5.41, 5.74) is -0.217. The first-order valence-corrected chi connectivity index (χ1v) is 6.24. The number of carbonyl (C=O) groups excluding carboxylic acids is 1. The Hall–Kier alpha value is -2.67. The smallest absolute Gasteiger partial charge is 0.271 e. The van der Waals surface area contributed by atoms with Crippen LogP contribution in [0.2, 0.25) is 5.02 Å². The molecule has 2 aromatic rings. The van der Waals surface area contributed by atoms with Gasteiger partial charge in [-0.25, -0.2) is 0 Å². The van der Waals surface area contributed by atoms with Crippen LogP contribution in [-0.2, 0) is 11.3 Å². The molecule has 2 rings (SSSR count). The molecule has 1 aromatic heterocycles. The Morgan fingerprint density at radius 3 is 2.81 bits per heavy atom. The maximum absolute atomic E-state index is 11.8. The van der Waals surface area contributed by atoms with Crippen molar-refractivity contribution in [1.82, 2.24) is 4.57 Å². The van der Waals surface area contributed by atoms with Gasteiger partial charge in [-0.15, -0.1) is 0 Å². The lowest BCUT2D eigenvalue weighted by Gasteiger charge is -2.07. The van der Waals surface area contributed by atoms with Crippen LogP contribution in [0, 0.1) is 10.1 Å². The van der Waals surface area contributed by atoms with Crippen LogP contribution in [0.1, 0.15) is 0 Å². The second kappa shape index (κ2) is 6.19. The van der Waals surface area contributed by atoms with Gasteiger partial charge in [0.15, 0.2) is 0 Å². The van der Waals surface area contributed by atoms with Gasteiger partial charge in [-0.1, -0.05) is 17.7 Å². The number of carbonyl (C=O) groups is 1. The molecule has 1 amide bonds. The van der Waals surface area contributed by atoms with Crippen LogP contribution in [0.3, 0.4) is 0 Å². The monoisotopic (exact) mass is 307 g/mol. The Morgan fingerprint density at radius 1 is 1.33 bits per heavy atom. The number of anilines is 1. The van der Waals surface area contributed by atoms with Gasteiger partial charge in [0.05, 0.1) is 9.95 Å². The number of pyridine rings is 1. The first kappa shape index (κ1) is 14.7. The highest BCUT2D eigenvalue weighted by Crippen LogP contribution is 2.16. The number of hydrogen-bond acceptors (Lipinski definition) is 4. The predicted octanol–water partition coefficient (Wildman–Crippen LogP) is 2.05. The van der Waals surface area contributed by atoms with Crippen molar-refractivity contribution in [2.75, 3.05) is 5.32 Å². The Balaban J connectivity index is 2.11. The van der Waals surface area contributed by atoms with E-state index in [9.17, 15) is 19.7 Å². The van der Waals surface area contributed by atoms with E-state index >= 15 is 0 Å². The molecule has 8 heteroatoms. The maximum Gasteiger partial charge on any atom is 0.271 e. The molecule has 0 saturated carbocycles. The number of amides is 1. The molecule has 0 unspecified atom stereocenters. The minimum absolute atomic E-state index is 0.132. The number of nitro benzene ring substituents is 1. The van der Waals surface area contributed by atoms with E-state index in [4.69, 9.17) is 11.6 Å². The molecule has 0 aliphatic heterocycles. The summed E-state index contributed by atoms with van der Waals surface area (Å²) in [6, 6.07) is 8.21. The van der Waals surface area contributed by atoms with Gasteiger partial charge in [0, 0.05) is 30.1 Å². The zero-order valence-electron chi connectivity index (χ0n) is 10.7.